The minimum Gasteiger partial charge on any atom is -0.208 e. The van der Waals surface area contributed by atoms with Gasteiger partial charge in [0.05, 0.1) is 0 Å². The second-order valence-electron chi connectivity index (χ2n) is 17.2. The third-order valence-corrected chi connectivity index (χ3v) is 13.1. The quantitative estimate of drug-likeness (QED) is 0.157. The minimum atomic E-state index is -0.0368. The van der Waals surface area contributed by atoms with E-state index < -0.39 is 0 Å². The van der Waals surface area contributed by atoms with Crippen LogP contribution in [-0.4, -0.2) is 15.0 Å². The Morgan fingerprint density at radius 3 is 1.49 bits per heavy atom. The second-order valence-corrected chi connectivity index (χ2v) is 17.2. The lowest BCUT2D eigenvalue weighted by Gasteiger charge is -2.21. The Bertz CT molecular complexity index is 3570. The summed E-state index contributed by atoms with van der Waals surface area (Å²) in [6.07, 6.45) is 0. The van der Waals surface area contributed by atoms with Crippen LogP contribution in [0.15, 0.2) is 212 Å². The van der Waals surface area contributed by atoms with Crippen molar-refractivity contribution < 1.29 is 0 Å². The summed E-state index contributed by atoms with van der Waals surface area (Å²) < 4.78 is 0. The Balaban J connectivity index is 0.986. The summed E-state index contributed by atoms with van der Waals surface area (Å²) >= 11 is 0. The van der Waals surface area contributed by atoms with Crippen molar-refractivity contribution in [3.05, 3.63) is 223 Å². The molecule has 0 amide bonds. The van der Waals surface area contributed by atoms with Gasteiger partial charge in [0.25, 0.3) is 0 Å². The highest BCUT2D eigenvalue weighted by Gasteiger charge is 2.35. The molecule has 3 nitrogen and oxygen atoms in total. The molecule has 0 atom stereocenters. The average Bonchev–Trinajstić information content (AvgIpc) is 3.59. The molecule has 1 heterocycles. The van der Waals surface area contributed by atoms with E-state index >= 15 is 0 Å². The van der Waals surface area contributed by atoms with Crippen molar-refractivity contribution in [2.75, 3.05) is 0 Å². The Kier molecular flexibility index (Phi) is 8.52. The molecular formula is C60H41N3. The monoisotopic (exact) mass is 803 g/mol. The maximum Gasteiger partial charge on any atom is 0.164 e. The van der Waals surface area contributed by atoms with Crippen molar-refractivity contribution >= 4 is 32.3 Å². The summed E-state index contributed by atoms with van der Waals surface area (Å²) in [5.41, 5.74) is 15.3. The largest absolute Gasteiger partial charge is 0.208 e. The van der Waals surface area contributed by atoms with Gasteiger partial charge in [-0.25, -0.2) is 15.0 Å². The van der Waals surface area contributed by atoms with Gasteiger partial charge in [-0.3, -0.25) is 0 Å². The molecule has 0 unspecified atom stereocenters. The molecule has 12 rings (SSSR count). The van der Waals surface area contributed by atoms with Gasteiger partial charge in [-0.2, -0.15) is 0 Å². The van der Waals surface area contributed by atoms with Crippen LogP contribution in [0, 0.1) is 0 Å². The Morgan fingerprint density at radius 2 is 0.730 bits per heavy atom. The number of rotatable bonds is 6. The van der Waals surface area contributed by atoms with E-state index in [1.165, 1.54) is 71.3 Å². The van der Waals surface area contributed by atoms with Crippen molar-refractivity contribution in [3.63, 3.8) is 0 Å². The van der Waals surface area contributed by atoms with Crippen LogP contribution in [0.5, 0.6) is 0 Å². The lowest BCUT2D eigenvalue weighted by atomic mass is 9.82. The predicted octanol–water partition coefficient (Wildman–Crippen LogP) is 15.6. The van der Waals surface area contributed by atoms with Crippen LogP contribution in [0.25, 0.3) is 111 Å². The molecule has 1 aliphatic carbocycles. The van der Waals surface area contributed by atoms with Crippen molar-refractivity contribution in [2.24, 2.45) is 0 Å². The first kappa shape index (κ1) is 36.8. The van der Waals surface area contributed by atoms with Crippen molar-refractivity contribution in [3.8, 4) is 78.7 Å². The molecule has 296 valence electrons. The van der Waals surface area contributed by atoms with Gasteiger partial charge in [0, 0.05) is 22.1 Å². The third kappa shape index (κ3) is 6.15. The first-order valence-corrected chi connectivity index (χ1v) is 21.7. The van der Waals surface area contributed by atoms with Crippen LogP contribution in [0.2, 0.25) is 0 Å². The average molecular weight is 804 g/mol. The molecule has 0 saturated heterocycles. The number of aromatic nitrogens is 3. The topological polar surface area (TPSA) is 38.7 Å². The van der Waals surface area contributed by atoms with E-state index in [-0.39, 0.29) is 5.41 Å². The van der Waals surface area contributed by atoms with E-state index in [0.29, 0.717) is 17.5 Å². The molecule has 0 spiro atoms. The maximum absolute atomic E-state index is 5.12. The van der Waals surface area contributed by atoms with E-state index in [1.807, 2.05) is 24.3 Å². The summed E-state index contributed by atoms with van der Waals surface area (Å²) in [6, 6.07) is 76.3. The number of nitrogens with zero attached hydrogens (tertiary/aromatic N) is 3. The summed E-state index contributed by atoms with van der Waals surface area (Å²) in [5.74, 6) is 1.92. The van der Waals surface area contributed by atoms with Gasteiger partial charge in [0.2, 0.25) is 0 Å². The molecule has 0 saturated carbocycles. The number of hydrogen-bond acceptors (Lipinski definition) is 3. The van der Waals surface area contributed by atoms with Crippen molar-refractivity contribution in [1.82, 2.24) is 15.0 Å². The summed E-state index contributed by atoms with van der Waals surface area (Å²) in [6.45, 7) is 4.69. The first-order valence-electron chi connectivity index (χ1n) is 21.7. The smallest absolute Gasteiger partial charge is 0.164 e. The van der Waals surface area contributed by atoms with Crippen LogP contribution in [0.1, 0.15) is 25.0 Å². The second kappa shape index (κ2) is 14.6. The molecule has 0 N–H and O–H groups in total. The lowest BCUT2D eigenvalue weighted by molar-refractivity contribution is 0.660. The van der Waals surface area contributed by atoms with Crippen LogP contribution in [0.3, 0.4) is 0 Å². The van der Waals surface area contributed by atoms with Crippen LogP contribution in [-0.2, 0) is 5.41 Å². The minimum absolute atomic E-state index is 0.0368. The molecule has 11 aromatic rings. The van der Waals surface area contributed by atoms with E-state index in [9.17, 15) is 0 Å². The van der Waals surface area contributed by atoms with Crippen LogP contribution >= 0.6 is 0 Å². The molecule has 0 aliphatic heterocycles. The standard InChI is InChI=1S/C60H41N3/c1-60(2)54-26-12-11-23-49(54)53-37-44(32-34-55(53)60)46-24-14-25-50-47-21-9-10-22-48(47)52-36-43(31-33-51(52)56(46)50)42-19-13-20-45(35-42)59-62-57(40-17-7-4-8-18-40)61-58(63-59)41-29-27-39(28-30-41)38-15-5-3-6-16-38/h3-37H,1-2H3. The highest BCUT2D eigenvalue weighted by atomic mass is 15.0. The highest BCUT2D eigenvalue weighted by Crippen LogP contribution is 2.50. The lowest BCUT2D eigenvalue weighted by Crippen LogP contribution is -2.14. The van der Waals surface area contributed by atoms with Crippen molar-refractivity contribution in [1.29, 1.82) is 0 Å². The van der Waals surface area contributed by atoms with Gasteiger partial charge in [-0.1, -0.05) is 208 Å². The number of hydrogen-bond donors (Lipinski definition) is 0. The van der Waals surface area contributed by atoms with Crippen molar-refractivity contribution in [2.45, 2.75) is 19.3 Å². The summed E-state index contributed by atoms with van der Waals surface area (Å²) in [4.78, 5) is 15.2. The molecule has 0 radical (unpaired) electrons. The maximum atomic E-state index is 5.12. The third-order valence-electron chi connectivity index (χ3n) is 13.1. The fraction of sp³-hybridized carbons (Fsp3) is 0.0500. The molecule has 0 bridgehead atoms. The molecule has 0 fully saturated rings. The first-order chi connectivity index (χ1) is 31.0. The van der Waals surface area contributed by atoms with E-state index in [0.717, 1.165) is 33.4 Å². The summed E-state index contributed by atoms with van der Waals surface area (Å²) in [7, 11) is 0. The highest BCUT2D eigenvalue weighted by molar-refractivity contribution is 6.29. The van der Waals surface area contributed by atoms with E-state index in [1.54, 1.807) is 0 Å². The van der Waals surface area contributed by atoms with Gasteiger partial charge >= 0.3 is 0 Å². The van der Waals surface area contributed by atoms with Crippen LogP contribution in [0.4, 0.5) is 0 Å². The molecule has 1 aliphatic rings. The molecule has 63 heavy (non-hydrogen) atoms. The number of fused-ring (bicyclic) bond motifs is 9. The fourth-order valence-corrected chi connectivity index (χ4v) is 9.94. The fourth-order valence-electron chi connectivity index (χ4n) is 9.94. The van der Waals surface area contributed by atoms with E-state index in [2.05, 4.69) is 202 Å². The van der Waals surface area contributed by atoms with Gasteiger partial charge in [0.1, 0.15) is 0 Å². The Morgan fingerprint density at radius 1 is 0.270 bits per heavy atom. The van der Waals surface area contributed by atoms with Crippen LogP contribution < -0.4 is 0 Å². The van der Waals surface area contributed by atoms with Gasteiger partial charge in [0.15, 0.2) is 17.5 Å². The molecule has 3 heteroatoms. The normalized spacial score (nSPS) is 12.7. The zero-order chi connectivity index (χ0) is 42.1. The zero-order valence-electron chi connectivity index (χ0n) is 35.0. The number of benzene rings is 10. The zero-order valence-corrected chi connectivity index (χ0v) is 35.0. The molecular weight excluding hydrogens is 763 g/mol. The molecule has 10 aromatic carbocycles. The van der Waals surface area contributed by atoms with Gasteiger partial charge in [-0.15, -0.1) is 0 Å². The van der Waals surface area contributed by atoms with Gasteiger partial charge < -0.3 is 0 Å². The Hall–Kier alpha value is -8.01. The molecule has 1 aromatic heterocycles. The van der Waals surface area contributed by atoms with E-state index in [4.69, 9.17) is 15.0 Å². The van der Waals surface area contributed by atoms with Gasteiger partial charge in [-0.05, 0) is 106 Å². The Labute approximate surface area is 367 Å². The SMILES string of the molecule is CC1(C)c2ccccc2-c2cc(-c3cccc4c5ccccc5c5cc(-c6cccc(-c7nc(-c8ccccc8)nc(-c8ccc(-c9ccccc9)cc8)n7)c6)ccc5c34)ccc21. The summed E-state index contributed by atoms with van der Waals surface area (Å²) in [5, 5.41) is 7.51. The predicted molar refractivity (Wildman–Crippen MR) is 263 cm³/mol.